The van der Waals surface area contributed by atoms with Gasteiger partial charge in [0.1, 0.15) is 5.82 Å². The van der Waals surface area contributed by atoms with Crippen molar-refractivity contribution in [3.05, 3.63) is 29.0 Å². The number of aromatic nitrogens is 2. The maximum atomic E-state index is 6.07. The van der Waals surface area contributed by atoms with Crippen molar-refractivity contribution in [2.24, 2.45) is 5.73 Å². The van der Waals surface area contributed by atoms with Crippen molar-refractivity contribution < 1.29 is 0 Å². The molecule has 2 rings (SSSR count). The highest BCUT2D eigenvalue weighted by Crippen LogP contribution is 2.25. The van der Waals surface area contributed by atoms with E-state index in [1.165, 1.54) is 0 Å². The summed E-state index contributed by atoms with van der Waals surface area (Å²) in [7, 11) is 0. The number of rotatable bonds is 5. The second kappa shape index (κ2) is 5.72. The average molecular weight is 266 g/mol. The van der Waals surface area contributed by atoms with E-state index in [2.05, 4.69) is 18.4 Å². The minimum atomic E-state index is 0.390. The highest BCUT2D eigenvalue weighted by molar-refractivity contribution is 6.31. The van der Waals surface area contributed by atoms with Gasteiger partial charge in [-0.25, -0.2) is 4.98 Å². The van der Waals surface area contributed by atoms with E-state index >= 15 is 0 Å². The quantitative estimate of drug-likeness (QED) is 0.840. The van der Waals surface area contributed by atoms with Gasteiger partial charge >= 0.3 is 0 Å². The van der Waals surface area contributed by atoms with Crippen LogP contribution in [0.2, 0.25) is 5.02 Å². The van der Waals surface area contributed by atoms with Crippen LogP contribution < -0.4 is 5.73 Å². The zero-order valence-corrected chi connectivity index (χ0v) is 11.7. The van der Waals surface area contributed by atoms with Crippen molar-refractivity contribution in [2.75, 3.05) is 6.54 Å². The van der Waals surface area contributed by atoms with Crippen molar-refractivity contribution in [1.82, 2.24) is 9.55 Å². The van der Waals surface area contributed by atoms with E-state index in [0.717, 1.165) is 47.7 Å². The topological polar surface area (TPSA) is 43.8 Å². The largest absolute Gasteiger partial charge is 0.330 e. The van der Waals surface area contributed by atoms with Crippen LogP contribution in [0.3, 0.4) is 0 Å². The summed E-state index contributed by atoms with van der Waals surface area (Å²) in [4.78, 5) is 4.71. The zero-order valence-electron chi connectivity index (χ0n) is 11.0. The van der Waals surface area contributed by atoms with Gasteiger partial charge in [-0.15, -0.1) is 0 Å². The molecule has 3 nitrogen and oxygen atoms in total. The van der Waals surface area contributed by atoms with Crippen molar-refractivity contribution in [1.29, 1.82) is 0 Å². The Morgan fingerprint density at radius 1 is 1.33 bits per heavy atom. The van der Waals surface area contributed by atoms with Crippen LogP contribution in [-0.2, 0) is 6.42 Å². The van der Waals surface area contributed by atoms with E-state index in [9.17, 15) is 0 Å². The van der Waals surface area contributed by atoms with Crippen LogP contribution in [-0.4, -0.2) is 16.1 Å². The van der Waals surface area contributed by atoms with Crippen LogP contribution in [0.1, 0.15) is 38.6 Å². The van der Waals surface area contributed by atoms with Gasteiger partial charge < -0.3 is 10.3 Å². The average Bonchev–Trinajstić information content (AvgIpc) is 2.67. The molecule has 2 aromatic rings. The number of halogens is 1. The molecular formula is C14H20ClN3. The molecule has 1 heterocycles. The molecule has 18 heavy (non-hydrogen) atoms. The maximum Gasteiger partial charge on any atom is 0.110 e. The van der Waals surface area contributed by atoms with Crippen LogP contribution in [0.15, 0.2) is 18.2 Å². The van der Waals surface area contributed by atoms with Gasteiger partial charge in [0, 0.05) is 17.5 Å². The van der Waals surface area contributed by atoms with E-state index in [0.29, 0.717) is 6.04 Å². The van der Waals surface area contributed by atoms with E-state index in [1.54, 1.807) is 0 Å². The van der Waals surface area contributed by atoms with Crippen molar-refractivity contribution >= 4 is 22.6 Å². The Morgan fingerprint density at radius 3 is 2.78 bits per heavy atom. The second-order valence-electron chi connectivity index (χ2n) is 4.87. The predicted molar refractivity (Wildman–Crippen MR) is 77.1 cm³/mol. The highest BCUT2D eigenvalue weighted by Gasteiger charge is 2.13. The van der Waals surface area contributed by atoms with Crippen molar-refractivity contribution in [3.63, 3.8) is 0 Å². The first-order valence-corrected chi connectivity index (χ1v) is 6.87. The van der Waals surface area contributed by atoms with E-state index in [-0.39, 0.29) is 0 Å². The molecule has 98 valence electrons. The van der Waals surface area contributed by atoms with Gasteiger partial charge in [0.2, 0.25) is 0 Å². The fourth-order valence-corrected chi connectivity index (χ4v) is 2.46. The number of benzene rings is 1. The van der Waals surface area contributed by atoms with Gasteiger partial charge in [-0.3, -0.25) is 0 Å². The van der Waals surface area contributed by atoms with Crippen molar-refractivity contribution in [2.45, 2.75) is 39.2 Å². The lowest BCUT2D eigenvalue weighted by molar-refractivity contribution is 0.571. The normalized spacial score (nSPS) is 11.6. The summed E-state index contributed by atoms with van der Waals surface area (Å²) in [6.07, 6.45) is 3.10. The summed E-state index contributed by atoms with van der Waals surface area (Å²) in [5.74, 6) is 1.13. The Morgan fingerprint density at radius 2 is 2.11 bits per heavy atom. The number of hydrogen-bond acceptors (Lipinski definition) is 2. The number of nitrogens with two attached hydrogens (primary N) is 1. The number of hydrogen-bond donors (Lipinski definition) is 1. The first-order valence-electron chi connectivity index (χ1n) is 6.50. The fraction of sp³-hybridized carbons (Fsp3) is 0.500. The van der Waals surface area contributed by atoms with Crippen LogP contribution >= 0.6 is 11.6 Å². The van der Waals surface area contributed by atoms with Crippen LogP contribution in [0.25, 0.3) is 11.0 Å². The molecule has 0 aliphatic heterocycles. The number of aryl methyl sites for hydroxylation is 1. The van der Waals surface area contributed by atoms with Gasteiger partial charge in [-0.2, -0.15) is 0 Å². The van der Waals surface area contributed by atoms with E-state index in [1.807, 2.05) is 18.2 Å². The molecule has 0 atom stereocenters. The molecule has 1 aromatic carbocycles. The molecular weight excluding hydrogens is 246 g/mol. The lowest BCUT2D eigenvalue weighted by atomic mass is 10.2. The molecule has 0 fully saturated rings. The molecule has 0 aliphatic carbocycles. The molecule has 4 heteroatoms. The first-order chi connectivity index (χ1) is 8.63. The Bertz CT molecular complexity index is 531. The standard InChI is InChI=1S/C14H20ClN3/c1-10(2)18-13-9-11(15)6-7-12(13)17-14(18)5-3-4-8-16/h6-7,9-10H,3-5,8,16H2,1-2H3. The van der Waals surface area contributed by atoms with Gasteiger partial charge in [0.15, 0.2) is 0 Å². The summed E-state index contributed by atoms with van der Waals surface area (Å²) in [6, 6.07) is 6.27. The van der Waals surface area contributed by atoms with Crippen LogP contribution in [0.5, 0.6) is 0 Å². The highest BCUT2D eigenvalue weighted by atomic mass is 35.5. The summed E-state index contributed by atoms with van der Waals surface area (Å²) in [5.41, 5.74) is 7.69. The summed E-state index contributed by atoms with van der Waals surface area (Å²) in [6.45, 7) is 5.09. The Hall–Kier alpha value is -1.06. The van der Waals surface area contributed by atoms with Gasteiger partial charge in [0.25, 0.3) is 0 Å². The molecule has 0 bridgehead atoms. The maximum absolute atomic E-state index is 6.07. The molecule has 0 spiro atoms. The molecule has 0 saturated heterocycles. The van der Waals surface area contributed by atoms with E-state index in [4.69, 9.17) is 22.3 Å². The second-order valence-corrected chi connectivity index (χ2v) is 5.31. The summed E-state index contributed by atoms with van der Waals surface area (Å²) in [5, 5.41) is 0.762. The minimum Gasteiger partial charge on any atom is -0.330 e. The minimum absolute atomic E-state index is 0.390. The number of fused-ring (bicyclic) bond motifs is 1. The Balaban J connectivity index is 2.41. The smallest absolute Gasteiger partial charge is 0.110 e. The van der Waals surface area contributed by atoms with Crippen LogP contribution in [0.4, 0.5) is 0 Å². The van der Waals surface area contributed by atoms with Crippen molar-refractivity contribution in [3.8, 4) is 0 Å². The molecule has 0 aliphatic rings. The molecule has 0 amide bonds. The zero-order chi connectivity index (χ0) is 13.1. The molecule has 0 saturated carbocycles. The monoisotopic (exact) mass is 265 g/mol. The molecule has 0 radical (unpaired) electrons. The Labute approximate surface area is 113 Å². The predicted octanol–water partition coefficient (Wildman–Crippen LogP) is 3.55. The lowest BCUT2D eigenvalue weighted by Crippen LogP contribution is -2.07. The van der Waals surface area contributed by atoms with E-state index < -0.39 is 0 Å². The molecule has 0 unspecified atom stereocenters. The third-order valence-electron chi connectivity index (χ3n) is 3.10. The van der Waals surface area contributed by atoms with Gasteiger partial charge in [0.05, 0.1) is 11.0 Å². The third-order valence-corrected chi connectivity index (χ3v) is 3.33. The third kappa shape index (κ3) is 2.68. The summed E-state index contributed by atoms with van der Waals surface area (Å²) < 4.78 is 2.28. The SMILES string of the molecule is CC(C)n1c(CCCCN)nc2ccc(Cl)cc21. The lowest BCUT2D eigenvalue weighted by Gasteiger charge is -2.13. The summed E-state index contributed by atoms with van der Waals surface area (Å²) >= 11 is 6.07. The molecule has 2 N–H and O–H groups in total. The number of nitrogens with zero attached hydrogens (tertiary/aromatic N) is 2. The van der Waals surface area contributed by atoms with Gasteiger partial charge in [-0.1, -0.05) is 11.6 Å². The van der Waals surface area contributed by atoms with Crippen LogP contribution in [0, 0.1) is 0 Å². The van der Waals surface area contributed by atoms with Gasteiger partial charge in [-0.05, 0) is 51.4 Å². The Kier molecular flexibility index (Phi) is 4.25. The number of imidazole rings is 1. The molecule has 1 aromatic heterocycles. The number of unbranched alkanes of at least 4 members (excludes halogenated alkanes) is 1. The first kappa shape index (κ1) is 13.4. The fourth-order valence-electron chi connectivity index (χ4n) is 2.30.